The summed E-state index contributed by atoms with van der Waals surface area (Å²) in [4.78, 5) is 13.3. The van der Waals surface area contributed by atoms with E-state index in [9.17, 15) is 9.18 Å². The van der Waals surface area contributed by atoms with Gasteiger partial charge in [-0.15, -0.1) is 10.2 Å². The zero-order valence-corrected chi connectivity index (χ0v) is 16.3. The van der Waals surface area contributed by atoms with Crippen LogP contribution in [0.25, 0.3) is 22.4 Å². The molecule has 0 saturated carbocycles. The molecule has 6 nitrogen and oxygen atoms in total. The van der Waals surface area contributed by atoms with Crippen LogP contribution in [0, 0.1) is 5.82 Å². The second-order valence-electron chi connectivity index (χ2n) is 5.76. The van der Waals surface area contributed by atoms with Crippen LogP contribution >= 0.6 is 22.9 Å². The Morgan fingerprint density at radius 2 is 1.93 bits per heavy atom. The van der Waals surface area contributed by atoms with Crippen molar-refractivity contribution in [1.82, 2.24) is 14.6 Å². The normalized spacial score (nSPS) is 11.9. The Kier molecular flexibility index (Phi) is 4.74. The molecule has 142 valence electrons. The maximum Gasteiger partial charge on any atom is 0.276 e. The number of methoxy groups -OCH3 is 2. The molecule has 0 atom stereocenters. The summed E-state index contributed by atoms with van der Waals surface area (Å²) >= 11 is 7.17. The number of hydrogen-bond donors (Lipinski definition) is 0. The fourth-order valence-electron chi connectivity index (χ4n) is 2.80. The highest BCUT2D eigenvalue weighted by Crippen LogP contribution is 2.31. The minimum Gasteiger partial charge on any atom is -0.493 e. The van der Waals surface area contributed by atoms with Gasteiger partial charge in [-0.2, -0.15) is 0 Å². The lowest BCUT2D eigenvalue weighted by Crippen LogP contribution is -2.23. The van der Waals surface area contributed by atoms with Crippen molar-refractivity contribution in [3.63, 3.8) is 0 Å². The topological polar surface area (TPSA) is 65.7 Å². The van der Waals surface area contributed by atoms with E-state index in [4.69, 9.17) is 21.1 Å². The molecule has 0 aliphatic rings. The van der Waals surface area contributed by atoms with Crippen LogP contribution in [0.3, 0.4) is 0 Å². The first-order valence-electron chi connectivity index (χ1n) is 8.09. The van der Waals surface area contributed by atoms with Crippen molar-refractivity contribution in [3.8, 4) is 22.9 Å². The van der Waals surface area contributed by atoms with Gasteiger partial charge in [0.1, 0.15) is 5.82 Å². The Morgan fingerprint density at radius 3 is 2.64 bits per heavy atom. The molecule has 2 aromatic carbocycles. The molecule has 0 saturated heterocycles. The number of halogens is 2. The van der Waals surface area contributed by atoms with Crippen LogP contribution in [0.15, 0.2) is 41.2 Å². The van der Waals surface area contributed by atoms with Crippen LogP contribution in [0.2, 0.25) is 5.02 Å². The summed E-state index contributed by atoms with van der Waals surface area (Å²) in [6, 6.07) is 9.55. The zero-order chi connectivity index (χ0) is 19.8. The van der Waals surface area contributed by atoms with Crippen LogP contribution in [0.1, 0.15) is 5.56 Å². The second kappa shape index (κ2) is 7.21. The van der Waals surface area contributed by atoms with E-state index in [1.54, 1.807) is 24.3 Å². The van der Waals surface area contributed by atoms with E-state index in [0.29, 0.717) is 32.4 Å². The number of rotatable bonds is 4. The summed E-state index contributed by atoms with van der Waals surface area (Å²) in [6.07, 6.45) is 1.43. The highest BCUT2D eigenvalue weighted by Gasteiger charge is 2.16. The van der Waals surface area contributed by atoms with Crippen LogP contribution in [-0.4, -0.2) is 28.8 Å². The molecule has 4 aromatic rings. The number of hydrogen-bond acceptors (Lipinski definition) is 6. The summed E-state index contributed by atoms with van der Waals surface area (Å²) < 4.78 is 26.3. The highest BCUT2D eigenvalue weighted by atomic mass is 35.5. The van der Waals surface area contributed by atoms with Gasteiger partial charge in [0.2, 0.25) is 4.96 Å². The molecule has 4 rings (SSSR count). The number of benzene rings is 2. The lowest BCUT2D eigenvalue weighted by atomic mass is 10.2. The summed E-state index contributed by atoms with van der Waals surface area (Å²) in [7, 11) is 3.06. The van der Waals surface area contributed by atoms with Gasteiger partial charge in [0.15, 0.2) is 17.3 Å². The Hall–Kier alpha value is -2.97. The number of aromatic nitrogens is 3. The van der Waals surface area contributed by atoms with Gasteiger partial charge < -0.3 is 9.47 Å². The molecule has 0 fully saturated rings. The van der Waals surface area contributed by atoms with Crippen molar-refractivity contribution in [2.24, 2.45) is 0 Å². The predicted octanol–water partition coefficient (Wildman–Crippen LogP) is 3.18. The largest absolute Gasteiger partial charge is 0.493 e. The smallest absolute Gasteiger partial charge is 0.276 e. The van der Waals surface area contributed by atoms with Crippen molar-refractivity contribution in [2.75, 3.05) is 14.2 Å². The van der Waals surface area contributed by atoms with Gasteiger partial charge in [-0.05, 0) is 36.4 Å². The molecule has 0 spiro atoms. The Bertz CT molecular complexity index is 1280. The molecule has 28 heavy (non-hydrogen) atoms. The quantitative estimate of drug-likeness (QED) is 0.510. The standard InChI is InChI=1S/C19H13ClFN3O3S/c1-26-14-7-6-10(8-15(14)27-2)17-22-23-19-24(17)18(25)16(28-19)9-11-12(20)4-3-5-13(11)21/h3-9H,1-2H3/b16-9-. The van der Waals surface area contributed by atoms with Crippen LogP contribution in [0.4, 0.5) is 4.39 Å². The average Bonchev–Trinajstić information content (AvgIpc) is 3.24. The molecule has 0 aliphatic carbocycles. The predicted molar refractivity (Wildman–Crippen MR) is 106 cm³/mol. The van der Waals surface area contributed by atoms with E-state index in [1.807, 2.05) is 0 Å². The minimum atomic E-state index is -0.504. The monoisotopic (exact) mass is 417 g/mol. The zero-order valence-electron chi connectivity index (χ0n) is 14.8. The van der Waals surface area contributed by atoms with E-state index < -0.39 is 5.82 Å². The Labute approximate surface area is 167 Å². The third kappa shape index (κ3) is 3.00. The molecule has 0 amide bonds. The average molecular weight is 418 g/mol. The molecular weight excluding hydrogens is 405 g/mol. The van der Waals surface area contributed by atoms with E-state index in [2.05, 4.69) is 10.2 Å². The number of thiazole rings is 1. The minimum absolute atomic E-state index is 0.159. The molecule has 2 heterocycles. The van der Waals surface area contributed by atoms with Crippen LogP contribution in [0.5, 0.6) is 11.5 Å². The van der Waals surface area contributed by atoms with Gasteiger partial charge in [-0.1, -0.05) is 29.0 Å². The van der Waals surface area contributed by atoms with Gasteiger partial charge in [0.25, 0.3) is 5.56 Å². The maximum absolute atomic E-state index is 14.1. The summed E-state index contributed by atoms with van der Waals surface area (Å²) in [6.45, 7) is 0. The van der Waals surface area contributed by atoms with Crippen molar-refractivity contribution in [1.29, 1.82) is 0 Å². The molecular formula is C19H13ClFN3O3S. The van der Waals surface area contributed by atoms with Gasteiger partial charge in [-0.25, -0.2) is 8.79 Å². The molecule has 0 unspecified atom stereocenters. The third-order valence-corrected chi connectivity index (χ3v) is 5.45. The van der Waals surface area contributed by atoms with Crippen molar-refractivity contribution in [2.45, 2.75) is 0 Å². The number of fused-ring (bicyclic) bond motifs is 1. The SMILES string of the molecule is COc1ccc(-c2nnc3s/c(=C\c4c(F)cccc4Cl)c(=O)n23)cc1OC. The van der Waals surface area contributed by atoms with E-state index >= 15 is 0 Å². The highest BCUT2D eigenvalue weighted by molar-refractivity contribution is 7.15. The van der Waals surface area contributed by atoms with E-state index in [0.717, 1.165) is 11.3 Å². The van der Waals surface area contributed by atoms with Gasteiger partial charge >= 0.3 is 0 Å². The fourth-order valence-corrected chi connectivity index (χ4v) is 3.92. The fraction of sp³-hybridized carbons (Fsp3) is 0.105. The van der Waals surface area contributed by atoms with Crippen molar-refractivity contribution in [3.05, 3.63) is 67.7 Å². The Morgan fingerprint density at radius 1 is 1.14 bits per heavy atom. The van der Waals surface area contributed by atoms with Crippen molar-refractivity contribution < 1.29 is 13.9 Å². The number of nitrogens with zero attached hydrogens (tertiary/aromatic N) is 3. The van der Waals surface area contributed by atoms with Crippen molar-refractivity contribution >= 4 is 34.0 Å². The maximum atomic E-state index is 14.1. The molecule has 0 radical (unpaired) electrons. The molecule has 0 aliphatic heterocycles. The van der Waals surface area contributed by atoms with Gasteiger partial charge in [-0.3, -0.25) is 4.79 Å². The summed E-state index contributed by atoms with van der Waals surface area (Å²) in [5.74, 6) is 0.917. The Balaban J connectivity index is 1.91. The lowest BCUT2D eigenvalue weighted by Gasteiger charge is -2.08. The van der Waals surface area contributed by atoms with Gasteiger partial charge in [0.05, 0.1) is 23.8 Å². The molecule has 2 aromatic heterocycles. The van der Waals surface area contributed by atoms with Gasteiger partial charge in [0, 0.05) is 11.1 Å². The van der Waals surface area contributed by atoms with Crippen LogP contribution < -0.4 is 19.6 Å². The number of ether oxygens (including phenoxy) is 2. The molecule has 0 N–H and O–H groups in total. The second-order valence-corrected chi connectivity index (χ2v) is 7.18. The lowest BCUT2D eigenvalue weighted by molar-refractivity contribution is 0.355. The molecule has 9 heteroatoms. The third-order valence-electron chi connectivity index (χ3n) is 4.17. The van der Waals surface area contributed by atoms with E-state index in [-0.39, 0.29) is 16.1 Å². The first-order valence-corrected chi connectivity index (χ1v) is 9.29. The van der Waals surface area contributed by atoms with E-state index in [1.165, 1.54) is 36.8 Å². The first kappa shape index (κ1) is 18.4. The first-order chi connectivity index (χ1) is 13.5. The molecule has 0 bridgehead atoms. The van der Waals surface area contributed by atoms with Crippen LogP contribution in [-0.2, 0) is 0 Å². The summed E-state index contributed by atoms with van der Waals surface area (Å²) in [5.41, 5.74) is 0.441. The summed E-state index contributed by atoms with van der Waals surface area (Å²) in [5, 5.41) is 8.41.